The van der Waals surface area contributed by atoms with Crippen molar-refractivity contribution in [3.8, 4) is 111 Å². The summed E-state index contributed by atoms with van der Waals surface area (Å²) in [6.45, 7) is 2.37. The Morgan fingerprint density at radius 3 is 1.10 bits per heavy atom. The third-order valence-corrected chi connectivity index (χ3v) is 43.5. The van der Waals surface area contributed by atoms with Gasteiger partial charge in [-0.1, -0.05) is 437 Å². The van der Waals surface area contributed by atoms with Crippen molar-refractivity contribution in [2.24, 2.45) is 0 Å². The zero-order chi connectivity index (χ0) is 98.2. The highest BCUT2D eigenvalue weighted by molar-refractivity contribution is 7.26. The van der Waals surface area contributed by atoms with Crippen LogP contribution in [0.1, 0.15) is 30.2 Å². The van der Waals surface area contributed by atoms with Crippen LogP contribution in [0.3, 0.4) is 0 Å². The number of allylic oxidation sites excluding steroid dienone is 1. The molecule has 6 aromatic heterocycles. The second-order valence-electron chi connectivity index (χ2n) is 40.4. The lowest BCUT2D eigenvalue weighted by atomic mass is 9.71. The molecule has 694 valence electrons. The number of benzene rings is 19. The number of nitrogens with zero attached hydrogens (tertiary/aromatic N) is 4. The third kappa shape index (κ3) is 13.2. The molecule has 19 aromatic carbocycles. The molecule has 30 rings (SSSR count). The van der Waals surface area contributed by atoms with Crippen molar-refractivity contribution in [3.05, 3.63) is 611 Å². The first kappa shape index (κ1) is 86.2. The Hall–Kier alpha value is -18.3. The van der Waals surface area contributed by atoms with E-state index in [9.17, 15) is 0 Å². The Morgan fingerprint density at radius 1 is 0.242 bits per heavy atom. The summed E-state index contributed by atoms with van der Waals surface area (Å²) in [5.41, 5.74) is 25.8. The monoisotopic (exact) mass is 1940 g/mol. The molecule has 0 saturated carbocycles. The van der Waals surface area contributed by atoms with Gasteiger partial charge in [0, 0.05) is 76.2 Å². The maximum absolute atomic E-state index is 6.94. The van der Waals surface area contributed by atoms with Gasteiger partial charge in [-0.15, -0.1) is 11.3 Å². The van der Waals surface area contributed by atoms with Gasteiger partial charge in [0.2, 0.25) is 0 Å². The first-order valence-corrected chi connectivity index (χ1v) is 56.3. The highest BCUT2D eigenvalue weighted by Crippen LogP contribution is 2.54. The Labute approximate surface area is 864 Å². The number of furan rings is 1. The largest absolute Gasteiger partial charge is 0.459 e. The van der Waals surface area contributed by atoms with Crippen molar-refractivity contribution in [1.82, 2.24) is 19.9 Å². The van der Waals surface area contributed by atoms with E-state index in [0.29, 0.717) is 0 Å². The van der Waals surface area contributed by atoms with E-state index >= 15 is 0 Å². The third-order valence-electron chi connectivity index (χ3n) is 32.8. The van der Waals surface area contributed by atoms with Crippen LogP contribution in [0.15, 0.2) is 514 Å². The number of thiophene rings is 1. The van der Waals surface area contributed by atoms with E-state index in [1.54, 1.807) is 0 Å². The van der Waals surface area contributed by atoms with E-state index in [4.69, 9.17) is 24.4 Å². The summed E-state index contributed by atoms with van der Waals surface area (Å²) in [5.74, 6) is 1.01. The molecule has 5 aliphatic carbocycles. The molecule has 0 N–H and O–H groups in total. The molecule has 8 heteroatoms. The molecule has 1 atom stereocenters. The van der Waals surface area contributed by atoms with Gasteiger partial charge in [-0.2, -0.15) is 0 Å². The van der Waals surface area contributed by atoms with Crippen molar-refractivity contribution < 1.29 is 4.42 Å². The molecule has 5 aliphatic rings. The van der Waals surface area contributed by atoms with Gasteiger partial charge in [0.1, 0.15) is 11.3 Å². The maximum Gasteiger partial charge on any atom is 0.179 e. The van der Waals surface area contributed by atoms with Gasteiger partial charge in [-0.25, -0.2) is 4.98 Å². The predicted molar refractivity (Wildman–Crippen MR) is 616 cm³/mol. The predicted octanol–water partition coefficient (Wildman–Crippen LogP) is 28.1. The van der Waals surface area contributed by atoms with Crippen molar-refractivity contribution >= 4 is 106 Å². The molecule has 0 bridgehead atoms. The quantitative estimate of drug-likeness (QED) is 0.0954. The number of hydrogen-bond acceptors (Lipinski definition) is 6. The van der Waals surface area contributed by atoms with E-state index < -0.39 is 21.6 Å². The highest BCUT2D eigenvalue weighted by atomic mass is 32.1. The molecule has 5 nitrogen and oxygen atoms in total. The number of aromatic nitrogens is 4. The lowest BCUT2D eigenvalue weighted by Gasteiger charge is -2.35. The van der Waals surface area contributed by atoms with E-state index in [2.05, 4.69) is 504 Å². The van der Waals surface area contributed by atoms with Crippen molar-refractivity contribution in [2.45, 2.75) is 18.8 Å². The van der Waals surface area contributed by atoms with Gasteiger partial charge in [0.15, 0.2) is 16.1 Å². The van der Waals surface area contributed by atoms with Crippen LogP contribution in [-0.2, 0) is 5.41 Å². The fourth-order valence-corrected chi connectivity index (χ4v) is 36.7. The fourth-order valence-electron chi connectivity index (χ4n) is 26.0. The summed E-state index contributed by atoms with van der Waals surface area (Å²) in [5, 5.41) is 30.5. The number of para-hydroxylation sites is 1. The van der Waals surface area contributed by atoms with Crippen LogP contribution in [0, 0.1) is 84.0 Å². The molecule has 1 unspecified atom stereocenters. The topological polar surface area (TPSA) is 64.7 Å². The van der Waals surface area contributed by atoms with E-state index in [0.717, 1.165) is 163 Å². The molecule has 0 amide bonds. The molecule has 0 spiro atoms. The molecule has 0 fully saturated rings. The minimum absolute atomic E-state index is 0.427. The Balaban J connectivity index is 0.618. The van der Waals surface area contributed by atoms with Gasteiger partial charge >= 0.3 is 0 Å². The summed E-state index contributed by atoms with van der Waals surface area (Å²) < 4.78 is 9.49. The number of rotatable bonds is 11. The second-order valence-corrected chi connectivity index (χ2v) is 49.0. The van der Waals surface area contributed by atoms with E-state index in [-0.39, 0.29) is 0 Å². The fraction of sp³-hybridized carbons (Fsp3) is 0.0213. The van der Waals surface area contributed by atoms with Crippen LogP contribution in [-0.4, -0.2) is 36.1 Å². The van der Waals surface area contributed by atoms with Crippen LogP contribution >= 0.6 is 11.3 Å². The molecule has 0 radical (unpaired) electrons. The summed E-state index contributed by atoms with van der Waals surface area (Å²) in [6.07, 6.45) is 11.2. The lowest BCUT2D eigenvalue weighted by Crippen LogP contribution is -2.74. The summed E-state index contributed by atoms with van der Waals surface area (Å²) in [7, 11) is -6.80. The van der Waals surface area contributed by atoms with Gasteiger partial charge in [-0.05, 0) is 263 Å². The first-order valence-electron chi connectivity index (χ1n) is 51.5. The molecule has 0 saturated heterocycles. The second kappa shape index (κ2) is 34.2. The average Bonchev–Trinajstić information content (AvgIpc) is 1.17. The Kier molecular flexibility index (Phi) is 19.8. The Bertz CT molecular complexity index is 10900. The van der Waals surface area contributed by atoms with Crippen LogP contribution in [0.2, 0.25) is 0 Å². The van der Waals surface area contributed by atoms with Crippen LogP contribution in [0.4, 0.5) is 0 Å². The van der Waals surface area contributed by atoms with Gasteiger partial charge in [0.25, 0.3) is 0 Å². The van der Waals surface area contributed by atoms with Gasteiger partial charge in [0.05, 0.1) is 32.5 Å². The highest BCUT2D eigenvalue weighted by Gasteiger charge is 2.46. The molecule has 6 heterocycles. The maximum atomic E-state index is 6.94. The van der Waals surface area contributed by atoms with Crippen LogP contribution in [0.25, 0.3) is 149 Å². The Morgan fingerprint density at radius 2 is 0.591 bits per heavy atom. The lowest BCUT2D eigenvalue weighted by molar-refractivity contribution is 0.425. The zero-order valence-corrected chi connectivity index (χ0v) is 84.2. The van der Waals surface area contributed by atoms with Crippen LogP contribution < -0.4 is 41.5 Å². The molecular formula is C141H90N4OSSi2. The number of fused-ring (bicyclic) bond motifs is 30. The summed E-state index contributed by atoms with van der Waals surface area (Å²) >= 11 is 1.88. The van der Waals surface area contributed by atoms with Crippen molar-refractivity contribution in [1.29, 1.82) is 0 Å². The minimum Gasteiger partial charge on any atom is -0.459 e. The van der Waals surface area contributed by atoms with E-state index in [1.165, 1.54) is 128 Å². The SMILES string of the molecule is CC1(c2ccc3c(c2)-c2ccccc2-c2ccccc2-c2cc([Si](c4ccccc4)(c4ccccc4)c4ccc5c(c4)=c4ccccc4=c4ccc(-c6ccc7c(c6)-c6cc(-c8cccc9c8sc8ccccc89)ccc6-c6ccc([Si](c8ccccc8)(c8ccccc8)c8ccc9c(c8)=c8ccccc8=c8cccnc8=c8ncccc8=9)cc6-c6ccccc6-7)nc4=c4ncccc4=5)ccc2-3)CC=Cc2c1oc1ccccc21. The van der Waals surface area contributed by atoms with Gasteiger partial charge in [-0.3, -0.25) is 15.0 Å². The first-order chi connectivity index (χ1) is 73.8. The van der Waals surface area contributed by atoms with Crippen molar-refractivity contribution in [3.63, 3.8) is 0 Å². The molecular weight excluding hydrogens is 1850 g/mol. The molecule has 25 aromatic rings. The normalized spacial score (nSPS) is 13.5. The zero-order valence-electron chi connectivity index (χ0n) is 81.4. The number of hydrogen-bond donors (Lipinski definition) is 0. The van der Waals surface area contributed by atoms with Crippen molar-refractivity contribution in [2.75, 3.05) is 0 Å². The molecule has 0 aliphatic heterocycles. The number of pyridine rings is 4. The van der Waals surface area contributed by atoms with Crippen LogP contribution in [0.5, 0.6) is 0 Å². The minimum atomic E-state index is -3.41. The van der Waals surface area contributed by atoms with Gasteiger partial charge < -0.3 is 4.42 Å². The molecule has 149 heavy (non-hydrogen) atoms. The summed E-state index contributed by atoms with van der Waals surface area (Å²) in [4.78, 5) is 21.8. The smallest absolute Gasteiger partial charge is 0.179 e. The average molecular weight is 1940 g/mol. The van der Waals surface area contributed by atoms with E-state index in [1.807, 2.05) is 29.9 Å². The summed E-state index contributed by atoms with van der Waals surface area (Å²) in [6, 6.07) is 185. The standard InChI is InChI=1S/C141H90N4OSSi2/c1-141(77-29-55-124-117-51-24-26-59-133(117)146-140(124)141)90-63-70-112-114-72-65-96(84-128(114)106-47-20-15-42-101(106)100-41-14-19-46-105(100)127(112)83-90)149(93-37-10-4-11-38-93,94-39-12-5-13-40-94)98-67-74-116-121-58-32-80-144-137(121)138-122(104-45-18-23-50-109(104)131(116)87-98)75-76-132(145-138)89-62-69-110-102-43-16-21-48-107(102)129-85-95(64-71-113(129)111-68-61-88(81-125(111)126(110)82-89)99-53-28-54-123-118-52-25-27-60-134(118)147-139(99)123)148(91-33-6-2-7-34-91,92-35-8-3-9-36-92)97-66-73-115-120-57-31-79-143-136(120)135-119(56-30-78-142-135)103-44-17-22-49-108(103)130(115)86-97/h2-76,78-87H,77H2,1H3.